The fourth-order valence-corrected chi connectivity index (χ4v) is 4.30. The van der Waals surface area contributed by atoms with Gasteiger partial charge in [-0.1, -0.05) is 25.0 Å². The zero-order valence-electron chi connectivity index (χ0n) is 16.9. The Kier molecular flexibility index (Phi) is 7.45. The van der Waals surface area contributed by atoms with Gasteiger partial charge in [0.1, 0.15) is 0 Å². The molecule has 0 aromatic heterocycles. The van der Waals surface area contributed by atoms with Crippen LogP contribution in [0.2, 0.25) is 0 Å². The molecule has 1 aromatic carbocycles. The lowest BCUT2D eigenvalue weighted by Crippen LogP contribution is -2.47. The van der Waals surface area contributed by atoms with Crippen molar-refractivity contribution in [2.75, 3.05) is 33.4 Å². The summed E-state index contributed by atoms with van der Waals surface area (Å²) in [6, 6.07) is 7.49. The molecule has 0 unspecified atom stereocenters. The Morgan fingerprint density at radius 1 is 1.11 bits per heavy atom. The molecule has 3 N–H and O–H groups in total. The highest BCUT2D eigenvalue weighted by Crippen LogP contribution is 2.28. The van der Waals surface area contributed by atoms with Crippen molar-refractivity contribution >= 4 is 11.8 Å². The maximum absolute atomic E-state index is 12.5. The Morgan fingerprint density at radius 3 is 2.43 bits per heavy atom. The van der Waals surface area contributed by atoms with E-state index in [4.69, 9.17) is 4.74 Å². The Bertz CT molecular complexity index is 642. The molecule has 0 spiro atoms. The van der Waals surface area contributed by atoms with Gasteiger partial charge in [0, 0.05) is 37.1 Å². The van der Waals surface area contributed by atoms with Crippen molar-refractivity contribution in [3.63, 3.8) is 0 Å². The molecule has 1 aliphatic heterocycles. The first kappa shape index (κ1) is 20.8. The van der Waals surface area contributed by atoms with E-state index in [1.807, 2.05) is 24.3 Å². The van der Waals surface area contributed by atoms with E-state index >= 15 is 0 Å². The van der Waals surface area contributed by atoms with Crippen molar-refractivity contribution in [1.82, 2.24) is 16.0 Å². The molecule has 2 aliphatic rings. The average Bonchev–Trinajstić information content (AvgIpc) is 3.27. The van der Waals surface area contributed by atoms with Crippen LogP contribution in [0, 0.1) is 11.3 Å². The number of nitrogens with one attached hydrogen (secondary N) is 3. The molecule has 154 valence electrons. The predicted octanol–water partition coefficient (Wildman–Crippen LogP) is 2.24. The van der Waals surface area contributed by atoms with E-state index in [2.05, 4.69) is 16.0 Å². The normalized spacial score (nSPS) is 19.3. The molecule has 6 nitrogen and oxygen atoms in total. The third kappa shape index (κ3) is 5.55. The van der Waals surface area contributed by atoms with Gasteiger partial charge in [0.05, 0.1) is 6.61 Å². The van der Waals surface area contributed by atoms with Crippen LogP contribution in [-0.2, 0) is 16.1 Å². The number of hydrogen-bond acceptors (Lipinski definition) is 4. The zero-order chi connectivity index (χ0) is 19.8. The first-order valence-corrected chi connectivity index (χ1v) is 10.5. The lowest BCUT2D eigenvalue weighted by atomic mass is 9.79. The number of benzene rings is 1. The fourth-order valence-electron chi connectivity index (χ4n) is 4.30. The van der Waals surface area contributed by atoms with Crippen molar-refractivity contribution < 1.29 is 14.3 Å². The second kappa shape index (κ2) is 10.0. The first-order valence-electron chi connectivity index (χ1n) is 10.5. The lowest BCUT2D eigenvalue weighted by Gasteiger charge is -2.37. The van der Waals surface area contributed by atoms with Crippen LogP contribution < -0.4 is 16.0 Å². The van der Waals surface area contributed by atoms with E-state index in [1.54, 1.807) is 7.11 Å². The van der Waals surface area contributed by atoms with Crippen LogP contribution in [0.3, 0.4) is 0 Å². The standard InChI is InChI=1S/C22H33N3O3/c1-28-16-22(10-12-23-13-11-22)15-25-21(27)19-8-6-17(7-9-19)14-24-20(26)18-4-2-3-5-18/h6-9,18,23H,2-5,10-16H2,1H3,(H,24,26)(H,25,27). The van der Waals surface area contributed by atoms with Crippen LogP contribution in [0.1, 0.15) is 54.4 Å². The average molecular weight is 388 g/mol. The molecule has 2 fully saturated rings. The number of methoxy groups -OCH3 is 1. The number of hydrogen-bond donors (Lipinski definition) is 3. The number of amides is 2. The highest BCUT2D eigenvalue weighted by molar-refractivity contribution is 5.94. The molecule has 1 saturated heterocycles. The quantitative estimate of drug-likeness (QED) is 0.639. The highest BCUT2D eigenvalue weighted by atomic mass is 16.5. The van der Waals surface area contributed by atoms with Gasteiger partial charge in [-0.15, -0.1) is 0 Å². The maximum Gasteiger partial charge on any atom is 0.251 e. The van der Waals surface area contributed by atoms with Gasteiger partial charge in [0.25, 0.3) is 5.91 Å². The van der Waals surface area contributed by atoms with Crippen LogP contribution in [-0.4, -0.2) is 45.2 Å². The third-order valence-corrected chi connectivity index (χ3v) is 6.15. The molecule has 1 aliphatic carbocycles. The fraction of sp³-hybridized carbons (Fsp3) is 0.636. The van der Waals surface area contributed by atoms with E-state index in [-0.39, 0.29) is 23.1 Å². The Hall–Kier alpha value is -1.92. The Labute approximate surface area is 167 Å². The molecule has 28 heavy (non-hydrogen) atoms. The summed E-state index contributed by atoms with van der Waals surface area (Å²) in [4.78, 5) is 24.7. The molecule has 0 bridgehead atoms. The number of carbonyl (C=O) groups is 2. The van der Waals surface area contributed by atoms with Gasteiger partial charge >= 0.3 is 0 Å². The minimum atomic E-state index is -0.0597. The molecule has 6 heteroatoms. The van der Waals surface area contributed by atoms with Crippen molar-refractivity contribution in [2.45, 2.75) is 45.1 Å². The van der Waals surface area contributed by atoms with Crippen molar-refractivity contribution in [1.29, 1.82) is 0 Å². The van der Waals surface area contributed by atoms with Gasteiger partial charge < -0.3 is 20.7 Å². The summed E-state index contributed by atoms with van der Waals surface area (Å²) < 4.78 is 5.41. The van der Waals surface area contributed by atoms with Gasteiger partial charge in [0.15, 0.2) is 0 Å². The van der Waals surface area contributed by atoms with Crippen molar-refractivity contribution in [3.8, 4) is 0 Å². The van der Waals surface area contributed by atoms with Gasteiger partial charge in [-0.05, 0) is 56.5 Å². The van der Waals surface area contributed by atoms with Crippen molar-refractivity contribution in [2.24, 2.45) is 11.3 Å². The van der Waals surface area contributed by atoms with Gasteiger partial charge in [-0.2, -0.15) is 0 Å². The predicted molar refractivity (Wildman–Crippen MR) is 109 cm³/mol. The smallest absolute Gasteiger partial charge is 0.251 e. The molecule has 1 saturated carbocycles. The van der Waals surface area contributed by atoms with E-state index in [9.17, 15) is 9.59 Å². The Balaban J connectivity index is 1.48. The molecule has 1 aromatic rings. The van der Waals surface area contributed by atoms with Gasteiger partial charge in [-0.25, -0.2) is 0 Å². The van der Waals surface area contributed by atoms with Crippen LogP contribution in [0.5, 0.6) is 0 Å². The molecule has 0 atom stereocenters. The number of piperidine rings is 1. The second-order valence-electron chi connectivity index (χ2n) is 8.26. The van der Waals surface area contributed by atoms with Crippen LogP contribution in [0.15, 0.2) is 24.3 Å². The van der Waals surface area contributed by atoms with E-state index in [1.165, 1.54) is 0 Å². The lowest BCUT2D eigenvalue weighted by molar-refractivity contribution is -0.124. The molecular weight excluding hydrogens is 354 g/mol. The van der Waals surface area contributed by atoms with Crippen LogP contribution in [0.4, 0.5) is 0 Å². The highest BCUT2D eigenvalue weighted by Gasteiger charge is 2.32. The van der Waals surface area contributed by atoms with Gasteiger partial charge in [0.2, 0.25) is 5.91 Å². The minimum Gasteiger partial charge on any atom is -0.384 e. The molecule has 1 heterocycles. The second-order valence-corrected chi connectivity index (χ2v) is 8.26. The summed E-state index contributed by atoms with van der Waals surface area (Å²) >= 11 is 0. The summed E-state index contributed by atoms with van der Waals surface area (Å²) in [6.07, 6.45) is 6.33. The van der Waals surface area contributed by atoms with Crippen LogP contribution in [0.25, 0.3) is 0 Å². The first-order chi connectivity index (χ1) is 13.6. The monoisotopic (exact) mass is 387 g/mol. The SMILES string of the molecule is COCC1(CNC(=O)c2ccc(CNC(=O)C3CCCC3)cc2)CCNCC1. The summed E-state index contributed by atoms with van der Waals surface area (Å²) in [6.45, 7) is 3.72. The summed E-state index contributed by atoms with van der Waals surface area (Å²) in [5.41, 5.74) is 1.67. The summed E-state index contributed by atoms with van der Waals surface area (Å²) in [5, 5.41) is 9.46. The summed E-state index contributed by atoms with van der Waals surface area (Å²) in [5.74, 6) is 0.278. The van der Waals surface area contributed by atoms with Crippen molar-refractivity contribution in [3.05, 3.63) is 35.4 Å². The number of ether oxygens (including phenoxy) is 1. The zero-order valence-corrected chi connectivity index (χ0v) is 16.9. The van der Waals surface area contributed by atoms with Gasteiger partial charge in [-0.3, -0.25) is 9.59 Å². The molecule has 0 radical (unpaired) electrons. The van der Waals surface area contributed by atoms with E-state index in [0.29, 0.717) is 25.3 Å². The molecule has 3 rings (SSSR count). The topological polar surface area (TPSA) is 79.5 Å². The number of rotatable bonds is 8. The third-order valence-electron chi connectivity index (χ3n) is 6.15. The minimum absolute atomic E-state index is 0.0140. The van der Waals surface area contributed by atoms with Crippen LogP contribution >= 0.6 is 0 Å². The summed E-state index contributed by atoms with van der Waals surface area (Å²) in [7, 11) is 1.72. The maximum atomic E-state index is 12.5. The van der Waals surface area contributed by atoms with E-state index < -0.39 is 0 Å². The van der Waals surface area contributed by atoms with E-state index in [0.717, 1.165) is 57.2 Å². The molecular formula is C22H33N3O3. The Morgan fingerprint density at radius 2 is 1.79 bits per heavy atom. The molecule has 2 amide bonds. The number of carbonyl (C=O) groups excluding carboxylic acids is 2. The largest absolute Gasteiger partial charge is 0.384 e.